The van der Waals surface area contributed by atoms with Gasteiger partial charge in [0, 0.05) is 19.7 Å². The number of carbonyl (C=O) groups is 2. The number of nitrogens with zero attached hydrogens (tertiary/aromatic N) is 1. The third-order valence-electron chi connectivity index (χ3n) is 2.25. The number of hydroxylamine groups is 2. The highest BCUT2D eigenvalue weighted by Gasteiger charge is 2.11. The third kappa shape index (κ3) is 6.70. The summed E-state index contributed by atoms with van der Waals surface area (Å²) in [5.74, 6) is -1.23. The number of benzene rings is 1. The molecule has 0 atom stereocenters. The average molecular weight is 279 g/mol. The number of carboxylic acids is 1. The van der Waals surface area contributed by atoms with Crippen molar-refractivity contribution in [2.75, 3.05) is 14.1 Å². The maximum absolute atomic E-state index is 11.6. The monoisotopic (exact) mass is 279 g/mol. The molecule has 1 aromatic carbocycles. The van der Waals surface area contributed by atoms with Crippen molar-refractivity contribution in [1.82, 2.24) is 5.06 Å². The van der Waals surface area contributed by atoms with E-state index in [1.165, 1.54) is 12.0 Å². The van der Waals surface area contributed by atoms with Gasteiger partial charge in [-0.25, -0.2) is 9.59 Å². The van der Waals surface area contributed by atoms with Crippen LogP contribution in [0, 0.1) is 0 Å². The van der Waals surface area contributed by atoms with Crippen LogP contribution in [0.3, 0.4) is 0 Å². The summed E-state index contributed by atoms with van der Waals surface area (Å²) in [7, 11) is 3.37. The Hall–Kier alpha value is -2.14. The first-order valence-electron chi connectivity index (χ1n) is 6.15. The summed E-state index contributed by atoms with van der Waals surface area (Å²) in [6.45, 7) is 6.62. The lowest BCUT2D eigenvalue weighted by Crippen LogP contribution is -2.19. The van der Waals surface area contributed by atoms with Crippen LogP contribution in [-0.2, 0) is 16.1 Å². The fourth-order valence-corrected chi connectivity index (χ4v) is 1.24. The first-order chi connectivity index (χ1) is 9.29. The van der Waals surface area contributed by atoms with Gasteiger partial charge < -0.3 is 9.94 Å². The van der Waals surface area contributed by atoms with Crippen LogP contribution < -0.4 is 0 Å². The molecule has 0 saturated heterocycles. The molecule has 1 rings (SSSR count). The first-order valence-corrected chi connectivity index (χ1v) is 6.15. The SMILES string of the molecule is C=C(C)C(=O)O.CCc1ccccc1C(=O)ON(C)C. The van der Waals surface area contributed by atoms with E-state index in [4.69, 9.17) is 9.94 Å². The van der Waals surface area contributed by atoms with E-state index in [1.54, 1.807) is 20.2 Å². The van der Waals surface area contributed by atoms with Crippen molar-refractivity contribution in [3.8, 4) is 0 Å². The number of carbonyl (C=O) groups excluding carboxylic acids is 1. The lowest BCUT2D eigenvalue weighted by atomic mass is 10.1. The second-order valence-electron chi connectivity index (χ2n) is 4.29. The molecular weight excluding hydrogens is 258 g/mol. The molecule has 0 aromatic heterocycles. The molecule has 0 spiro atoms. The zero-order valence-corrected chi connectivity index (χ0v) is 12.3. The van der Waals surface area contributed by atoms with Crippen molar-refractivity contribution < 1.29 is 19.5 Å². The zero-order chi connectivity index (χ0) is 15.7. The van der Waals surface area contributed by atoms with E-state index < -0.39 is 5.97 Å². The minimum Gasteiger partial charge on any atom is -0.478 e. The van der Waals surface area contributed by atoms with Gasteiger partial charge in [-0.2, -0.15) is 0 Å². The lowest BCUT2D eigenvalue weighted by Gasteiger charge is -2.11. The maximum atomic E-state index is 11.6. The summed E-state index contributed by atoms with van der Waals surface area (Å²) >= 11 is 0. The van der Waals surface area contributed by atoms with Gasteiger partial charge in [-0.05, 0) is 25.0 Å². The van der Waals surface area contributed by atoms with Crippen LogP contribution in [-0.4, -0.2) is 36.2 Å². The second kappa shape index (κ2) is 8.87. The van der Waals surface area contributed by atoms with E-state index in [-0.39, 0.29) is 11.5 Å². The number of hydrogen-bond acceptors (Lipinski definition) is 4. The topological polar surface area (TPSA) is 66.8 Å². The van der Waals surface area contributed by atoms with Crippen LogP contribution in [0.4, 0.5) is 0 Å². The van der Waals surface area contributed by atoms with E-state index in [0.29, 0.717) is 5.56 Å². The van der Waals surface area contributed by atoms with Crippen LogP contribution in [0.1, 0.15) is 29.8 Å². The number of carboxylic acid groups (broad SMARTS) is 1. The molecule has 0 amide bonds. The molecule has 0 heterocycles. The van der Waals surface area contributed by atoms with Crippen LogP contribution in [0.2, 0.25) is 0 Å². The van der Waals surface area contributed by atoms with E-state index >= 15 is 0 Å². The molecule has 0 fully saturated rings. The van der Waals surface area contributed by atoms with Gasteiger partial charge in [0.15, 0.2) is 0 Å². The molecule has 1 aromatic rings. The Bertz CT molecular complexity index is 469. The maximum Gasteiger partial charge on any atom is 0.357 e. The summed E-state index contributed by atoms with van der Waals surface area (Å²) < 4.78 is 0. The first kappa shape index (κ1) is 17.9. The summed E-state index contributed by atoms with van der Waals surface area (Å²) in [5.41, 5.74) is 1.83. The van der Waals surface area contributed by atoms with Crippen molar-refractivity contribution in [3.05, 3.63) is 47.5 Å². The van der Waals surface area contributed by atoms with Crippen molar-refractivity contribution in [2.45, 2.75) is 20.3 Å². The lowest BCUT2D eigenvalue weighted by molar-refractivity contribution is -0.132. The van der Waals surface area contributed by atoms with Gasteiger partial charge in [-0.3, -0.25) is 0 Å². The van der Waals surface area contributed by atoms with Gasteiger partial charge in [0.1, 0.15) is 0 Å². The summed E-state index contributed by atoms with van der Waals surface area (Å²) in [4.78, 5) is 26.1. The molecule has 0 aliphatic heterocycles. The Morgan fingerprint density at radius 2 is 1.80 bits per heavy atom. The Balaban J connectivity index is 0.000000511. The fraction of sp³-hybridized carbons (Fsp3) is 0.333. The minimum absolute atomic E-state index is 0.176. The van der Waals surface area contributed by atoms with Crippen LogP contribution in [0.5, 0.6) is 0 Å². The normalized spacial score (nSPS) is 9.45. The molecule has 0 radical (unpaired) electrons. The molecule has 0 aliphatic rings. The third-order valence-corrected chi connectivity index (χ3v) is 2.25. The highest BCUT2D eigenvalue weighted by atomic mass is 16.7. The minimum atomic E-state index is -0.935. The predicted octanol–water partition coefficient (Wildman–Crippen LogP) is 2.53. The summed E-state index contributed by atoms with van der Waals surface area (Å²) in [5, 5.41) is 9.29. The molecule has 20 heavy (non-hydrogen) atoms. The molecular formula is C15H21NO4. The van der Waals surface area contributed by atoms with Gasteiger partial charge >= 0.3 is 11.9 Å². The van der Waals surface area contributed by atoms with Gasteiger partial charge in [0.25, 0.3) is 0 Å². The number of aryl methyl sites for hydroxylation is 1. The van der Waals surface area contributed by atoms with Crippen LogP contribution >= 0.6 is 0 Å². The van der Waals surface area contributed by atoms with Crippen molar-refractivity contribution in [1.29, 1.82) is 0 Å². The number of hydrogen-bond donors (Lipinski definition) is 1. The summed E-state index contributed by atoms with van der Waals surface area (Å²) in [6.07, 6.45) is 0.832. The molecule has 5 nitrogen and oxygen atoms in total. The smallest absolute Gasteiger partial charge is 0.357 e. The van der Waals surface area contributed by atoms with Crippen LogP contribution in [0.25, 0.3) is 0 Å². The van der Waals surface area contributed by atoms with Gasteiger partial charge in [0.05, 0.1) is 5.56 Å². The van der Waals surface area contributed by atoms with Gasteiger partial charge in [-0.15, -0.1) is 5.06 Å². The second-order valence-corrected chi connectivity index (χ2v) is 4.29. The highest BCUT2D eigenvalue weighted by molar-refractivity contribution is 5.90. The van der Waals surface area contributed by atoms with Gasteiger partial charge in [-0.1, -0.05) is 31.7 Å². The standard InChI is InChI=1S/C11H15NO2.C4H6O2/c1-4-9-7-5-6-8-10(9)11(13)14-12(2)3;1-3(2)4(5)6/h5-8H,4H2,1-3H3;1H2,2H3,(H,5,6). The summed E-state index contributed by atoms with van der Waals surface area (Å²) in [6, 6.07) is 7.48. The van der Waals surface area contributed by atoms with Crippen LogP contribution in [0.15, 0.2) is 36.4 Å². The molecule has 0 unspecified atom stereocenters. The van der Waals surface area contributed by atoms with Crippen molar-refractivity contribution in [3.63, 3.8) is 0 Å². The number of rotatable bonds is 4. The zero-order valence-electron chi connectivity index (χ0n) is 12.3. The van der Waals surface area contributed by atoms with E-state index in [2.05, 4.69) is 6.58 Å². The molecule has 110 valence electrons. The Labute approximate surface area is 119 Å². The van der Waals surface area contributed by atoms with E-state index in [9.17, 15) is 9.59 Å². The van der Waals surface area contributed by atoms with Crippen molar-refractivity contribution >= 4 is 11.9 Å². The van der Waals surface area contributed by atoms with E-state index in [1.807, 2.05) is 25.1 Å². The molecule has 0 saturated carbocycles. The number of aliphatic carboxylic acids is 1. The largest absolute Gasteiger partial charge is 0.478 e. The molecule has 5 heteroatoms. The van der Waals surface area contributed by atoms with Crippen molar-refractivity contribution in [2.24, 2.45) is 0 Å². The van der Waals surface area contributed by atoms with E-state index in [0.717, 1.165) is 12.0 Å². The highest BCUT2D eigenvalue weighted by Crippen LogP contribution is 2.10. The van der Waals surface area contributed by atoms with Gasteiger partial charge in [0.2, 0.25) is 0 Å². The predicted molar refractivity (Wildman–Crippen MR) is 77.4 cm³/mol. The fourth-order valence-electron chi connectivity index (χ4n) is 1.24. The quantitative estimate of drug-likeness (QED) is 0.677. The molecule has 1 N–H and O–H groups in total. The Morgan fingerprint density at radius 1 is 1.30 bits per heavy atom. The Kier molecular flexibility index (Phi) is 7.93. The average Bonchev–Trinajstić information content (AvgIpc) is 2.38. The molecule has 0 aliphatic carbocycles. The molecule has 0 bridgehead atoms. The Morgan fingerprint density at radius 3 is 2.20 bits per heavy atom.